The molecule has 1 aliphatic carbocycles. The quantitative estimate of drug-likeness (QED) is 0.477. The molecule has 2 fully saturated rings. The van der Waals surface area contributed by atoms with Gasteiger partial charge in [0.15, 0.2) is 0 Å². The van der Waals surface area contributed by atoms with Gasteiger partial charge in [0, 0.05) is 19.1 Å². The Hall–Kier alpha value is -2.16. The molecule has 1 saturated carbocycles. The monoisotopic (exact) mass is 425 g/mol. The second-order valence-electron chi connectivity index (χ2n) is 9.67. The summed E-state index contributed by atoms with van der Waals surface area (Å²) in [7, 11) is 1.34. The highest BCUT2D eigenvalue weighted by Gasteiger charge is 2.51. The van der Waals surface area contributed by atoms with Crippen molar-refractivity contribution in [2.45, 2.75) is 63.7 Å². The van der Waals surface area contributed by atoms with Crippen molar-refractivity contribution in [3.05, 3.63) is 36.3 Å². The van der Waals surface area contributed by atoms with Gasteiger partial charge in [0.05, 0.1) is 29.7 Å². The average Bonchev–Trinajstić information content (AvgIpc) is 3.17. The van der Waals surface area contributed by atoms with Crippen LogP contribution in [0.15, 0.2) is 30.5 Å². The van der Waals surface area contributed by atoms with E-state index in [1.807, 2.05) is 18.3 Å². The summed E-state index contributed by atoms with van der Waals surface area (Å²) in [5.41, 5.74) is 2.32. The third-order valence-corrected chi connectivity index (χ3v) is 6.89. The van der Waals surface area contributed by atoms with E-state index >= 15 is 0 Å². The van der Waals surface area contributed by atoms with Gasteiger partial charge in [-0.1, -0.05) is 24.3 Å². The van der Waals surface area contributed by atoms with Crippen LogP contribution < -0.4 is 10.8 Å². The van der Waals surface area contributed by atoms with Crippen LogP contribution in [0.5, 0.6) is 0 Å². The predicted molar refractivity (Wildman–Crippen MR) is 120 cm³/mol. The first-order valence-corrected chi connectivity index (χ1v) is 10.9. The highest BCUT2D eigenvalue weighted by molar-refractivity contribution is 6.62. The molecule has 1 aliphatic heterocycles. The molecule has 2 aromatic rings. The van der Waals surface area contributed by atoms with E-state index in [-0.39, 0.29) is 30.3 Å². The Bertz CT molecular complexity index is 896. The lowest BCUT2D eigenvalue weighted by Crippen LogP contribution is -2.41. The Kier molecular flexibility index (Phi) is 5.98. The van der Waals surface area contributed by atoms with Crippen LogP contribution in [0.4, 0.5) is 0 Å². The van der Waals surface area contributed by atoms with E-state index < -0.39 is 0 Å². The summed E-state index contributed by atoms with van der Waals surface area (Å²) in [5.74, 6) is 1.58. The first-order valence-electron chi connectivity index (χ1n) is 10.9. The first kappa shape index (κ1) is 22.1. The van der Waals surface area contributed by atoms with E-state index in [2.05, 4.69) is 55.1 Å². The minimum atomic E-state index is -0.367. The molecule has 0 spiro atoms. The van der Waals surface area contributed by atoms with Crippen LogP contribution >= 0.6 is 0 Å². The Labute approximate surface area is 184 Å². The number of nitrogens with zero attached hydrogens (tertiary/aromatic N) is 1. The number of aromatic nitrogens is 2. The van der Waals surface area contributed by atoms with Gasteiger partial charge in [-0.15, -0.1) is 0 Å². The third-order valence-electron chi connectivity index (χ3n) is 6.89. The van der Waals surface area contributed by atoms with Gasteiger partial charge in [-0.2, -0.15) is 0 Å². The van der Waals surface area contributed by atoms with Crippen LogP contribution in [0.2, 0.25) is 0 Å². The molecule has 3 atom stereocenters. The summed E-state index contributed by atoms with van der Waals surface area (Å²) in [5, 5.41) is 2.87. The van der Waals surface area contributed by atoms with Crippen molar-refractivity contribution in [1.82, 2.24) is 15.3 Å². The summed E-state index contributed by atoms with van der Waals surface area (Å²) in [6, 6.07) is 8.51. The second kappa shape index (κ2) is 8.41. The van der Waals surface area contributed by atoms with Gasteiger partial charge in [-0.05, 0) is 57.5 Å². The number of carbonyl (C=O) groups excluding carboxylic acids is 1. The number of carbonyl (C=O) groups is 1. The van der Waals surface area contributed by atoms with E-state index in [0.29, 0.717) is 12.5 Å². The largest absolute Gasteiger partial charge is 0.494 e. The van der Waals surface area contributed by atoms with Crippen LogP contribution in [-0.2, 0) is 18.8 Å². The van der Waals surface area contributed by atoms with Gasteiger partial charge in [-0.25, -0.2) is 4.98 Å². The van der Waals surface area contributed by atoms with E-state index in [1.54, 1.807) is 7.11 Å². The molecule has 166 valence electrons. The molecule has 2 N–H and O–H groups in total. The van der Waals surface area contributed by atoms with E-state index in [1.165, 1.54) is 0 Å². The number of nitrogens with one attached hydrogen (secondary N) is 2. The van der Waals surface area contributed by atoms with Crippen LogP contribution in [0, 0.1) is 5.92 Å². The average molecular weight is 425 g/mol. The van der Waals surface area contributed by atoms with E-state index in [9.17, 15) is 4.79 Å². The molecule has 1 aromatic carbocycles. The number of ether oxygens (including phenoxy) is 1. The summed E-state index contributed by atoms with van der Waals surface area (Å²) in [4.78, 5) is 18.7. The zero-order chi connectivity index (χ0) is 22.2. The number of H-pyrrole nitrogens is 1. The number of hydrogen-bond acceptors (Lipinski definition) is 5. The summed E-state index contributed by atoms with van der Waals surface area (Å²) >= 11 is 0. The smallest absolute Gasteiger partial charge is 0.399 e. The lowest BCUT2D eigenvalue weighted by Gasteiger charge is -2.32. The second-order valence-corrected chi connectivity index (χ2v) is 9.67. The molecular weight excluding hydrogens is 393 g/mol. The molecule has 2 heterocycles. The van der Waals surface area contributed by atoms with Gasteiger partial charge in [0.2, 0.25) is 6.41 Å². The molecule has 0 radical (unpaired) electrons. The van der Waals surface area contributed by atoms with Crippen molar-refractivity contribution in [1.29, 1.82) is 0 Å². The van der Waals surface area contributed by atoms with Gasteiger partial charge in [-0.3, -0.25) is 4.79 Å². The Morgan fingerprint density at radius 1 is 1.26 bits per heavy atom. The van der Waals surface area contributed by atoms with Crippen LogP contribution in [0.25, 0.3) is 11.3 Å². The Morgan fingerprint density at radius 2 is 1.94 bits per heavy atom. The lowest BCUT2D eigenvalue weighted by molar-refractivity contribution is -0.109. The number of hydrogen-bond donors (Lipinski definition) is 2. The SMILES string of the molecule is COC[C@@H](CC1CC1NC=O)c1ncc(-c2ccc(B3OC(C)(C)C(C)(C)O3)cc2)[nH]1. The third kappa shape index (κ3) is 4.56. The maximum Gasteiger partial charge on any atom is 0.494 e. The molecule has 2 aliphatic rings. The van der Waals surface area contributed by atoms with E-state index in [4.69, 9.17) is 14.0 Å². The molecular formula is C23H32BN3O4. The van der Waals surface area contributed by atoms with Crippen molar-refractivity contribution < 1.29 is 18.8 Å². The van der Waals surface area contributed by atoms with Crippen LogP contribution in [0.1, 0.15) is 52.3 Å². The van der Waals surface area contributed by atoms with Crippen molar-refractivity contribution in [3.8, 4) is 11.3 Å². The van der Waals surface area contributed by atoms with Crippen molar-refractivity contribution >= 4 is 19.0 Å². The topological polar surface area (TPSA) is 85.5 Å². The number of amides is 1. The van der Waals surface area contributed by atoms with Gasteiger partial charge in [0.1, 0.15) is 5.82 Å². The Balaban J connectivity index is 1.44. The fourth-order valence-corrected chi connectivity index (χ4v) is 4.11. The van der Waals surface area contributed by atoms with Crippen molar-refractivity contribution in [2.75, 3.05) is 13.7 Å². The molecule has 31 heavy (non-hydrogen) atoms. The fourth-order valence-electron chi connectivity index (χ4n) is 4.11. The Morgan fingerprint density at radius 3 is 2.55 bits per heavy atom. The van der Waals surface area contributed by atoms with Gasteiger partial charge in [0.25, 0.3) is 0 Å². The molecule has 7 nitrogen and oxygen atoms in total. The van der Waals surface area contributed by atoms with Crippen LogP contribution in [0.3, 0.4) is 0 Å². The standard InChI is InChI=1S/C23H32BN3O4/c1-22(2)23(3,4)31-24(30-22)18-8-6-15(7-9-18)20-12-25-21(27-20)17(13-29-5)10-16-11-19(16)26-14-28/h6-9,12,14,16-17,19H,10-11,13H2,1-5H3,(H,25,27)(H,26,28)/t16?,17-,19?/m1/s1. The maximum absolute atomic E-state index is 10.6. The minimum Gasteiger partial charge on any atom is -0.399 e. The summed E-state index contributed by atoms with van der Waals surface area (Å²) < 4.78 is 17.7. The molecule has 4 rings (SSSR count). The van der Waals surface area contributed by atoms with E-state index in [0.717, 1.165) is 41.8 Å². The predicted octanol–water partition coefficient (Wildman–Crippen LogP) is 2.63. The van der Waals surface area contributed by atoms with Crippen molar-refractivity contribution in [2.24, 2.45) is 5.92 Å². The number of methoxy groups -OCH3 is 1. The summed E-state index contributed by atoms with van der Waals surface area (Å²) in [6.07, 6.45) is 4.62. The zero-order valence-corrected chi connectivity index (χ0v) is 19.0. The highest BCUT2D eigenvalue weighted by Crippen LogP contribution is 2.39. The molecule has 0 bridgehead atoms. The number of aromatic amines is 1. The molecule has 1 aromatic heterocycles. The molecule has 8 heteroatoms. The minimum absolute atomic E-state index is 0.172. The van der Waals surface area contributed by atoms with Crippen LogP contribution in [-0.4, -0.2) is 54.5 Å². The first-order chi connectivity index (χ1) is 14.7. The molecule has 2 unspecified atom stereocenters. The van der Waals surface area contributed by atoms with Crippen molar-refractivity contribution in [3.63, 3.8) is 0 Å². The normalized spacial score (nSPS) is 24.7. The summed E-state index contributed by atoms with van der Waals surface area (Å²) in [6.45, 7) is 8.83. The lowest BCUT2D eigenvalue weighted by atomic mass is 9.79. The number of imidazole rings is 1. The molecule has 1 saturated heterocycles. The zero-order valence-electron chi connectivity index (χ0n) is 19.0. The highest BCUT2D eigenvalue weighted by atomic mass is 16.7. The van der Waals surface area contributed by atoms with Gasteiger partial charge >= 0.3 is 7.12 Å². The maximum atomic E-state index is 10.6. The number of rotatable bonds is 9. The van der Waals surface area contributed by atoms with Gasteiger partial charge < -0.3 is 24.3 Å². The molecule has 1 amide bonds. The number of benzene rings is 1. The fraction of sp³-hybridized carbons (Fsp3) is 0.565.